The second-order valence-electron chi connectivity index (χ2n) is 9.29. The molecule has 192 valence electrons. The van der Waals surface area contributed by atoms with Crippen molar-refractivity contribution in [3.8, 4) is 11.1 Å². The van der Waals surface area contributed by atoms with E-state index in [1.165, 1.54) is 0 Å². The Morgan fingerprint density at radius 1 is 1.00 bits per heavy atom. The van der Waals surface area contributed by atoms with Crippen LogP contribution in [-0.2, 0) is 22.6 Å². The van der Waals surface area contributed by atoms with E-state index >= 15 is 0 Å². The number of nitrogens with zero attached hydrogens (tertiary/aromatic N) is 1. The molecule has 0 fully saturated rings. The molecule has 0 saturated heterocycles. The van der Waals surface area contributed by atoms with Crippen molar-refractivity contribution >= 4 is 23.5 Å². The van der Waals surface area contributed by atoms with Crippen molar-refractivity contribution in [2.45, 2.75) is 51.7 Å². The Labute approximate surface area is 218 Å². The minimum atomic E-state index is -0.541. The summed E-state index contributed by atoms with van der Waals surface area (Å²) in [6.45, 7) is 4.15. The van der Waals surface area contributed by atoms with Gasteiger partial charge in [-0.1, -0.05) is 73.7 Å². The highest BCUT2D eigenvalue weighted by Crippen LogP contribution is 2.31. The van der Waals surface area contributed by atoms with Crippen molar-refractivity contribution < 1.29 is 14.4 Å². The molecule has 0 aliphatic carbocycles. The number of carbonyl (C=O) groups is 3. The largest absolute Gasteiger partial charge is 0.344 e. The summed E-state index contributed by atoms with van der Waals surface area (Å²) in [6, 6.07) is 23.2. The van der Waals surface area contributed by atoms with Crippen LogP contribution in [0, 0.1) is 0 Å². The first kappa shape index (κ1) is 25.9. The van der Waals surface area contributed by atoms with E-state index in [0.717, 1.165) is 39.9 Å². The molecule has 0 radical (unpaired) electrons. The number of urea groups is 1. The molecule has 4 rings (SSSR count). The number of para-hydroxylation sites is 1. The summed E-state index contributed by atoms with van der Waals surface area (Å²) in [7, 11) is 1.60. The van der Waals surface area contributed by atoms with Crippen LogP contribution in [0.5, 0.6) is 0 Å². The van der Waals surface area contributed by atoms with Gasteiger partial charge in [-0.3, -0.25) is 9.59 Å². The van der Waals surface area contributed by atoms with E-state index in [1.807, 2.05) is 79.7 Å². The normalized spacial score (nSPS) is 15.8. The molecule has 0 aromatic heterocycles. The van der Waals surface area contributed by atoms with E-state index in [9.17, 15) is 14.4 Å². The zero-order chi connectivity index (χ0) is 26.4. The lowest BCUT2D eigenvalue weighted by Crippen LogP contribution is -2.47. The Morgan fingerprint density at radius 2 is 1.70 bits per heavy atom. The Morgan fingerprint density at radius 3 is 2.43 bits per heavy atom. The quantitative estimate of drug-likeness (QED) is 0.440. The van der Waals surface area contributed by atoms with E-state index in [0.29, 0.717) is 19.4 Å². The van der Waals surface area contributed by atoms with Gasteiger partial charge in [-0.25, -0.2) is 4.79 Å². The first-order valence-corrected chi connectivity index (χ1v) is 12.8. The summed E-state index contributed by atoms with van der Waals surface area (Å²) in [5, 5.41) is 8.45. The summed E-state index contributed by atoms with van der Waals surface area (Å²) in [4.78, 5) is 39.3. The smallest absolute Gasteiger partial charge is 0.315 e. The van der Waals surface area contributed by atoms with Crippen molar-refractivity contribution in [1.29, 1.82) is 0 Å². The zero-order valence-corrected chi connectivity index (χ0v) is 21.6. The fourth-order valence-corrected chi connectivity index (χ4v) is 4.77. The summed E-state index contributed by atoms with van der Waals surface area (Å²) in [5.74, 6) is -0.206. The summed E-state index contributed by atoms with van der Waals surface area (Å²) in [5.41, 5.74) is 6.07. The highest BCUT2D eigenvalue weighted by Gasteiger charge is 2.31. The average Bonchev–Trinajstić information content (AvgIpc) is 3.05. The first-order chi connectivity index (χ1) is 17.9. The molecule has 3 aromatic rings. The molecule has 3 aromatic carbocycles. The van der Waals surface area contributed by atoms with E-state index in [1.54, 1.807) is 18.9 Å². The van der Waals surface area contributed by atoms with E-state index in [4.69, 9.17) is 0 Å². The monoisotopic (exact) mass is 498 g/mol. The number of nitrogens with one attached hydrogen (secondary N) is 3. The Balaban J connectivity index is 1.59. The van der Waals surface area contributed by atoms with Gasteiger partial charge in [-0.05, 0) is 53.6 Å². The molecule has 1 heterocycles. The van der Waals surface area contributed by atoms with Crippen LogP contribution in [0.4, 0.5) is 10.5 Å². The molecule has 4 amide bonds. The molecule has 7 nitrogen and oxygen atoms in total. The van der Waals surface area contributed by atoms with Crippen LogP contribution >= 0.6 is 0 Å². The highest BCUT2D eigenvalue weighted by atomic mass is 16.2. The minimum absolute atomic E-state index is 0.0877. The molecule has 3 N–H and O–H groups in total. The van der Waals surface area contributed by atoms with Crippen molar-refractivity contribution in [1.82, 2.24) is 16.0 Å². The van der Waals surface area contributed by atoms with Crippen molar-refractivity contribution in [3.63, 3.8) is 0 Å². The van der Waals surface area contributed by atoms with Crippen LogP contribution in [0.3, 0.4) is 0 Å². The lowest BCUT2D eigenvalue weighted by Gasteiger charge is -2.26. The number of anilines is 1. The Kier molecular flexibility index (Phi) is 8.23. The Bertz CT molecular complexity index is 1270. The lowest BCUT2D eigenvalue weighted by atomic mass is 9.95. The van der Waals surface area contributed by atoms with Gasteiger partial charge in [0, 0.05) is 19.2 Å². The van der Waals surface area contributed by atoms with Crippen LogP contribution in [-0.4, -0.2) is 30.9 Å². The number of hydrogen-bond donors (Lipinski definition) is 3. The highest BCUT2D eigenvalue weighted by molar-refractivity contribution is 6.00. The number of carbonyl (C=O) groups excluding carboxylic acids is 3. The van der Waals surface area contributed by atoms with E-state index in [2.05, 4.69) is 16.0 Å². The maximum atomic E-state index is 13.6. The van der Waals surface area contributed by atoms with Crippen LogP contribution in [0.2, 0.25) is 0 Å². The third-order valence-electron chi connectivity index (χ3n) is 6.81. The molecule has 0 saturated carbocycles. The molecular weight excluding hydrogens is 464 g/mol. The molecule has 2 atom stereocenters. The zero-order valence-electron chi connectivity index (χ0n) is 21.6. The third kappa shape index (κ3) is 6.00. The van der Waals surface area contributed by atoms with Gasteiger partial charge < -0.3 is 20.9 Å². The molecule has 0 spiro atoms. The van der Waals surface area contributed by atoms with Gasteiger partial charge in [-0.2, -0.15) is 0 Å². The van der Waals surface area contributed by atoms with Gasteiger partial charge in [-0.15, -0.1) is 0 Å². The van der Waals surface area contributed by atoms with Gasteiger partial charge in [0.2, 0.25) is 11.8 Å². The maximum Gasteiger partial charge on any atom is 0.315 e. The second kappa shape index (κ2) is 11.7. The van der Waals surface area contributed by atoms with E-state index < -0.39 is 6.04 Å². The first-order valence-electron chi connectivity index (χ1n) is 12.8. The SMILES string of the molecule is CCC(=O)N[C@@H]1CCc2ccccc2N(Cc2ccc(-c3ccccc3C(C)NC(=O)NC)cc2)C1=O. The average molecular weight is 499 g/mol. The number of amides is 4. The number of aryl methyl sites for hydroxylation is 1. The summed E-state index contributed by atoms with van der Waals surface area (Å²) >= 11 is 0. The van der Waals surface area contributed by atoms with E-state index in [-0.39, 0.29) is 23.9 Å². The van der Waals surface area contributed by atoms with Gasteiger partial charge in [0.05, 0.1) is 12.6 Å². The number of rotatable bonds is 7. The van der Waals surface area contributed by atoms with Crippen LogP contribution in [0.1, 0.15) is 49.4 Å². The number of hydrogen-bond acceptors (Lipinski definition) is 3. The predicted octanol–water partition coefficient (Wildman–Crippen LogP) is 4.72. The predicted molar refractivity (Wildman–Crippen MR) is 146 cm³/mol. The van der Waals surface area contributed by atoms with Crippen LogP contribution in [0.15, 0.2) is 72.8 Å². The van der Waals surface area contributed by atoms with Crippen molar-refractivity contribution in [3.05, 3.63) is 89.5 Å². The molecule has 37 heavy (non-hydrogen) atoms. The van der Waals surface area contributed by atoms with Crippen LogP contribution in [0.25, 0.3) is 11.1 Å². The topological polar surface area (TPSA) is 90.5 Å². The molecule has 1 aliphatic heterocycles. The standard InChI is InChI=1S/C30H34N4O3/c1-4-28(35)33-26-18-17-23-9-5-8-12-27(23)34(29(26)36)19-21-13-15-22(16-14-21)25-11-7-6-10-24(25)20(2)32-30(37)31-3/h5-16,20,26H,4,17-19H2,1-3H3,(H,33,35)(H2,31,32,37)/t20?,26-/m1/s1. The number of fused-ring (bicyclic) bond motifs is 1. The molecule has 1 aliphatic rings. The second-order valence-corrected chi connectivity index (χ2v) is 9.29. The van der Waals surface area contributed by atoms with Gasteiger partial charge in [0.15, 0.2) is 0 Å². The minimum Gasteiger partial charge on any atom is -0.344 e. The Hall–Kier alpha value is -4.13. The molecule has 0 bridgehead atoms. The maximum absolute atomic E-state index is 13.6. The van der Waals surface area contributed by atoms with Crippen molar-refractivity contribution in [2.24, 2.45) is 0 Å². The summed E-state index contributed by atoms with van der Waals surface area (Å²) < 4.78 is 0. The van der Waals surface area contributed by atoms with Gasteiger partial charge >= 0.3 is 6.03 Å². The molecular formula is C30H34N4O3. The fourth-order valence-electron chi connectivity index (χ4n) is 4.77. The fraction of sp³-hybridized carbons (Fsp3) is 0.300. The third-order valence-corrected chi connectivity index (χ3v) is 6.81. The van der Waals surface area contributed by atoms with Crippen LogP contribution < -0.4 is 20.9 Å². The number of benzene rings is 3. The molecule has 1 unspecified atom stereocenters. The summed E-state index contributed by atoms with van der Waals surface area (Å²) in [6.07, 6.45) is 1.65. The van der Waals surface area contributed by atoms with Crippen molar-refractivity contribution in [2.75, 3.05) is 11.9 Å². The van der Waals surface area contributed by atoms with Gasteiger partial charge in [0.25, 0.3) is 0 Å². The van der Waals surface area contributed by atoms with Gasteiger partial charge in [0.1, 0.15) is 6.04 Å². The lowest BCUT2D eigenvalue weighted by molar-refractivity contribution is -0.127. The molecule has 7 heteroatoms.